The van der Waals surface area contributed by atoms with Crippen LogP contribution in [0.15, 0.2) is 28.0 Å². The van der Waals surface area contributed by atoms with E-state index in [-0.39, 0.29) is 0 Å². The Balaban J connectivity index is 2.03. The normalized spacial score (nSPS) is 10.9. The summed E-state index contributed by atoms with van der Waals surface area (Å²) in [6.45, 7) is 1.82. The number of hydrogen-bond acceptors (Lipinski definition) is 5. The predicted molar refractivity (Wildman–Crippen MR) is 69.6 cm³/mol. The SMILES string of the molecule is Cc1nc2ccc(-c3csc(CC=O)n3)cc2o1. The topological polar surface area (TPSA) is 56.0 Å². The van der Waals surface area contributed by atoms with E-state index in [1.54, 1.807) is 0 Å². The van der Waals surface area contributed by atoms with E-state index in [0.717, 1.165) is 33.7 Å². The maximum Gasteiger partial charge on any atom is 0.192 e. The minimum atomic E-state index is 0.369. The number of hydrogen-bond donors (Lipinski definition) is 0. The van der Waals surface area contributed by atoms with Gasteiger partial charge in [-0.25, -0.2) is 9.97 Å². The summed E-state index contributed by atoms with van der Waals surface area (Å²) in [5, 5.41) is 2.78. The number of rotatable bonds is 3. The van der Waals surface area contributed by atoms with Crippen LogP contribution in [-0.4, -0.2) is 16.3 Å². The molecule has 0 unspecified atom stereocenters. The van der Waals surface area contributed by atoms with Gasteiger partial charge in [0.05, 0.1) is 12.1 Å². The maximum atomic E-state index is 10.4. The summed E-state index contributed by atoms with van der Waals surface area (Å²) in [4.78, 5) is 19.1. The van der Waals surface area contributed by atoms with E-state index in [1.165, 1.54) is 11.3 Å². The van der Waals surface area contributed by atoms with Crippen LogP contribution in [0.1, 0.15) is 10.9 Å². The van der Waals surface area contributed by atoms with Crippen molar-refractivity contribution in [1.29, 1.82) is 0 Å². The third-order valence-corrected chi connectivity index (χ3v) is 3.47. The lowest BCUT2D eigenvalue weighted by Crippen LogP contribution is -1.84. The molecule has 3 aromatic rings. The first-order valence-corrected chi connectivity index (χ1v) is 6.40. The van der Waals surface area contributed by atoms with Gasteiger partial charge in [-0.2, -0.15) is 0 Å². The van der Waals surface area contributed by atoms with Crippen LogP contribution in [0.4, 0.5) is 0 Å². The second kappa shape index (κ2) is 4.34. The molecule has 3 rings (SSSR count). The molecule has 0 bridgehead atoms. The highest BCUT2D eigenvalue weighted by Crippen LogP contribution is 2.26. The van der Waals surface area contributed by atoms with E-state index in [4.69, 9.17) is 4.42 Å². The van der Waals surface area contributed by atoms with Crippen molar-refractivity contribution in [3.05, 3.63) is 34.5 Å². The summed E-state index contributed by atoms with van der Waals surface area (Å²) < 4.78 is 5.49. The Labute approximate surface area is 107 Å². The molecule has 0 saturated heterocycles. The van der Waals surface area contributed by atoms with E-state index in [1.807, 2.05) is 30.5 Å². The van der Waals surface area contributed by atoms with Gasteiger partial charge >= 0.3 is 0 Å². The molecule has 2 heterocycles. The molecule has 2 aromatic heterocycles. The molecule has 5 heteroatoms. The summed E-state index contributed by atoms with van der Waals surface area (Å²) in [5.41, 5.74) is 3.45. The Hall–Kier alpha value is -2.01. The third kappa shape index (κ3) is 1.93. The standard InChI is InChI=1S/C13H10N2O2S/c1-8-14-10-3-2-9(6-12(10)17-8)11-7-18-13(15-11)4-5-16/h2-3,5-7H,4H2,1H3. The average Bonchev–Trinajstić information content (AvgIpc) is 2.93. The molecular weight excluding hydrogens is 248 g/mol. The lowest BCUT2D eigenvalue weighted by molar-refractivity contribution is -0.107. The van der Waals surface area contributed by atoms with Crippen LogP contribution < -0.4 is 0 Å². The third-order valence-electron chi connectivity index (χ3n) is 2.60. The molecule has 0 fully saturated rings. The van der Waals surface area contributed by atoms with Crippen molar-refractivity contribution in [3.8, 4) is 11.3 Å². The van der Waals surface area contributed by atoms with E-state index in [9.17, 15) is 4.79 Å². The number of aromatic nitrogens is 2. The van der Waals surface area contributed by atoms with Gasteiger partial charge in [0.15, 0.2) is 11.5 Å². The first-order valence-electron chi connectivity index (χ1n) is 5.52. The van der Waals surface area contributed by atoms with Crippen molar-refractivity contribution in [2.75, 3.05) is 0 Å². The van der Waals surface area contributed by atoms with Crippen molar-refractivity contribution in [2.24, 2.45) is 0 Å². The van der Waals surface area contributed by atoms with Gasteiger partial charge in [0.2, 0.25) is 0 Å². The van der Waals surface area contributed by atoms with Crippen molar-refractivity contribution in [2.45, 2.75) is 13.3 Å². The van der Waals surface area contributed by atoms with Gasteiger partial charge in [0.25, 0.3) is 0 Å². The van der Waals surface area contributed by atoms with E-state index < -0.39 is 0 Å². The van der Waals surface area contributed by atoms with Crippen molar-refractivity contribution < 1.29 is 9.21 Å². The first kappa shape index (κ1) is 11.1. The van der Waals surface area contributed by atoms with Crippen LogP contribution in [0.2, 0.25) is 0 Å². The van der Waals surface area contributed by atoms with Crippen molar-refractivity contribution >= 4 is 28.7 Å². The number of oxazole rings is 1. The van der Waals surface area contributed by atoms with E-state index in [0.29, 0.717) is 12.3 Å². The zero-order valence-corrected chi connectivity index (χ0v) is 10.5. The summed E-state index contributed by atoms with van der Waals surface area (Å²) in [7, 11) is 0. The highest BCUT2D eigenvalue weighted by atomic mass is 32.1. The Morgan fingerprint density at radius 3 is 3.11 bits per heavy atom. The van der Waals surface area contributed by atoms with Crippen LogP contribution in [-0.2, 0) is 11.2 Å². The molecule has 0 atom stereocenters. The first-order chi connectivity index (χ1) is 8.76. The summed E-state index contributed by atoms with van der Waals surface area (Å²) >= 11 is 1.49. The Kier molecular flexibility index (Phi) is 2.68. The maximum absolute atomic E-state index is 10.4. The number of benzene rings is 1. The molecule has 0 aliphatic rings. The van der Waals surface area contributed by atoms with Crippen LogP contribution in [0.3, 0.4) is 0 Å². The summed E-state index contributed by atoms with van der Waals surface area (Å²) in [5.74, 6) is 0.655. The largest absolute Gasteiger partial charge is 0.441 e. The fraction of sp³-hybridized carbons (Fsp3) is 0.154. The van der Waals surface area contributed by atoms with Gasteiger partial charge in [-0.15, -0.1) is 11.3 Å². The number of fused-ring (bicyclic) bond motifs is 1. The summed E-state index contributed by atoms with van der Waals surface area (Å²) in [6.07, 6.45) is 1.24. The fourth-order valence-electron chi connectivity index (χ4n) is 1.81. The van der Waals surface area contributed by atoms with Crippen molar-refractivity contribution in [1.82, 2.24) is 9.97 Å². The van der Waals surface area contributed by atoms with Crippen LogP contribution >= 0.6 is 11.3 Å². The lowest BCUT2D eigenvalue weighted by atomic mass is 10.1. The van der Waals surface area contributed by atoms with Gasteiger partial charge in [0.1, 0.15) is 16.8 Å². The minimum absolute atomic E-state index is 0.369. The smallest absolute Gasteiger partial charge is 0.192 e. The van der Waals surface area contributed by atoms with E-state index in [2.05, 4.69) is 9.97 Å². The molecule has 0 aliphatic carbocycles. The molecule has 0 aliphatic heterocycles. The van der Waals surface area contributed by atoms with Gasteiger partial charge in [-0.1, -0.05) is 6.07 Å². The van der Waals surface area contributed by atoms with Gasteiger partial charge in [0, 0.05) is 17.9 Å². The zero-order chi connectivity index (χ0) is 12.5. The number of thiazole rings is 1. The molecular formula is C13H10N2O2S. The van der Waals surface area contributed by atoms with Crippen molar-refractivity contribution in [3.63, 3.8) is 0 Å². The molecule has 18 heavy (non-hydrogen) atoms. The monoisotopic (exact) mass is 258 g/mol. The van der Waals surface area contributed by atoms with Gasteiger partial charge in [-0.3, -0.25) is 0 Å². The predicted octanol–water partition coefficient (Wildman–Crippen LogP) is 3.00. The molecule has 4 nitrogen and oxygen atoms in total. The second-order valence-corrected chi connectivity index (χ2v) is 4.86. The number of aryl methyl sites for hydroxylation is 1. The second-order valence-electron chi connectivity index (χ2n) is 3.91. The highest BCUT2D eigenvalue weighted by molar-refractivity contribution is 7.10. The Morgan fingerprint density at radius 1 is 1.39 bits per heavy atom. The van der Waals surface area contributed by atoms with E-state index >= 15 is 0 Å². The summed E-state index contributed by atoms with van der Waals surface area (Å²) in [6, 6.07) is 5.80. The quantitative estimate of drug-likeness (QED) is 0.678. The van der Waals surface area contributed by atoms with Crippen LogP contribution in [0, 0.1) is 6.92 Å². The van der Waals surface area contributed by atoms with Gasteiger partial charge in [-0.05, 0) is 12.1 Å². The van der Waals surface area contributed by atoms with Crippen LogP contribution in [0.5, 0.6) is 0 Å². The molecule has 0 radical (unpaired) electrons. The number of carbonyl (C=O) groups excluding carboxylic acids is 1. The average molecular weight is 258 g/mol. The number of aldehydes is 1. The Bertz CT molecular complexity index is 715. The zero-order valence-electron chi connectivity index (χ0n) is 9.71. The molecule has 1 aromatic carbocycles. The molecule has 90 valence electrons. The number of carbonyl (C=O) groups is 1. The number of nitrogens with zero attached hydrogens (tertiary/aromatic N) is 2. The van der Waals surface area contributed by atoms with Crippen LogP contribution in [0.25, 0.3) is 22.4 Å². The highest BCUT2D eigenvalue weighted by Gasteiger charge is 2.08. The molecule has 0 amide bonds. The molecule has 0 N–H and O–H groups in total. The van der Waals surface area contributed by atoms with Gasteiger partial charge < -0.3 is 9.21 Å². The lowest BCUT2D eigenvalue weighted by Gasteiger charge is -1.95. The Morgan fingerprint density at radius 2 is 2.28 bits per heavy atom. The molecule has 0 spiro atoms. The molecule has 0 saturated carbocycles. The minimum Gasteiger partial charge on any atom is -0.441 e. The fourth-order valence-corrected chi connectivity index (χ4v) is 2.56.